The van der Waals surface area contributed by atoms with Crippen LogP contribution in [0.4, 0.5) is 0 Å². The Bertz CT molecular complexity index is 1130. The average Bonchev–Trinajstić information content (AvgIpc) is 3.55. The van der Waals surface area contributed by atoms with Gasteiger partial charge in [0.05, 0.1) is 29.9 Å². The van der Waals surface area contributed by atoms with Crippen LogP contribution >= 0.6 is 0 Å². The second-order valence-corrected chi connectivity index (χ2v) is 16.2. The van der Waals surface area contributed by atoms with Crippen molar-refractivity contribution in [1.29, 1.82) is 5.26 Å². The molecular weight excluding hydrogens is 442 g/mol. The summed E-state index contributed by atoms with van der Waals surface area (Å²) >= 11 is 0. The summed E-state index contributed by atoms with van der Waals surface area (Å²) in [7, 11) is 0.808. The fraction of sp³-hybridized carbons (Fsp3) is 0.600. The van der Waals surface area contributed by atoms with Crippen molar-refractivity contribution in [3.05, 3.63) is 30.5 Å². The van der Waals surface area contributed by atoms with Crippen LogP contribution in [-0.4, -0.2) is 46.0 Å². The SMILES string of the molecule is CNCc1nn(C(CC#N)C2CCCC2)cc1-c1ncnc2c1ccn2COCC[Si](C)(C)C. The molecule has 1 unspecified atom stereocenters. The van der Waals surface area contributed by atoms with Crippen LogP contribution in [0.25, 0.3) is 22.3 Å². The number of ether oxygens (including phenoxy) is 1. The Morgan fingerprint density at radius 2 is 2.06 bits per heavy atom. The van der Waals surface area contributed by atoms with Crippen LogP contribution < -0.4 is 5.32 Å². The summed E-state index contributed by atoms with van der Waals surface area (Å²) < 4.78 is 10.0. The first-order chi connectivity index (χ1) is 16.4. The molecule has 1 fully saturated rings. The van der Waals surface area contributed by atoms with Gasteiger partial charge in [0.2, 0.25) is 0 Å². The zero-order valence-electron chi connectivity index (χ0n) is 20.9. The fourth-order valence-electron chi connectivity index (χ4n) is 4.87. The third-order valence-electron chi connectivity index (χ3n) is 6.77. The first-order valence-electron chi connectivity index (χ1n) is 12.4. The molecule has 8 nitrogen and oxygen atoms in total. The van der Waals surface area contributed by atoms with Crippen molar-refractivity contribution in [2.24, 2.45) is 5.92 Å². The predicted molar refractivity (Wildman–Crippen MR) is 137 cm³/mol. The maximum absolute atomic E-state index is 9.50. The number of fused-ring (bicyclic) bond motifs is 1. The third kappa shape index (κ3) is 5.57. The highest BCUT2D eigenvalue weighted by Crippen LogP contribution is 2.37. The van der Waals surface area contributed by atoms with Crippen molar-refractivity contribution in [3.63, 3.8) is 0 Å². The summed E-state index contributed by atoms with van der Waals surface area (Å²) in [6.45, 7) is 8.97. The average molecular weight is 480 g/mol. The van der Waals surface area contributed by atoms with Crippen LogP contribution in [0.2, 0.25) is 25.7 Å². The van der Waals surface area contributed by atoms with Gasteiger partial charge in [-0.1, -0.05) is 32.5 Å². The van der Waals surface area contributed by atoms with Gasteiger partial charge in [0.15, 0.2) is 0 Å². The van der Waals surface area contributed by atoms with E-state index < -0.39 is 8.07 Å². The number of rotatable bonds is 11. The van der Waals surface area contributed by atoms with Crippen molar-refractivity contribution < 1.29 is 4.74 Å². The monoisotopic (exact) mass is 479 g/mol. The van der Waals surface area contributed by atoms with Crippen molar-refractivity contribution in [2.45, 2.75) is 77.1 Å². The number of aromatic nitrogens is 5. The number of nitrogens with zero attached hydrogens (tertiary/aromatic N) is 6. The van der Waals surface area contributed by atoms with E-state index in [9.17, 15) is 5.26 Å². The normalized spacial score (nSPS) is 15.7. The molecule has 0 saturated heterocycles. The van der Waals surface area contributed by atoms with Gasteiger partial charge in [-0.15, -0.1) is 0 Å². The molecule has 1 aliphatic rings. The second-order valence-electron chi connectivity index (χ2n) is 10.6. The number of hydrogen-bond donors (Lipinski definition) is 1. The summed E-state index contributed by atoms with van der Waals surface area (Å²) in [5.74, 6) is 0.509. The van der Waals surface area contributed by atoms with Gasteiger partial charge >= 0.3 is 0 Å². The van der Waals surface area contributed by atoms with E-state index in [1.807, 2.05) is 22.5 Å². The lowest BCUT2D eigenvalue weighted by Crippen LogP contribution is -2.22. The highest BCUT2D eigenvalue weighted by molar-refractivity contribution is 6.76. The Hall–Kier alpha value is -2.54. The van der Waals surface area contributed by atoms with Crippen LogP contribution in [0.15, 0.2) is 24.8 Å². The molecule has 3 aromatic heterocycles. The first-order valence-corrected chi connectivity index (χ1v) is 16.1. The van der Waals surface area contributed by atoms with E-state index in [1.165, 1.54) is 25.7 Å². The summed E-state index contributed by atoms with van der Waals surface area (Å²) in [6, 6.07) is 5.71. The van der Waals surface area contributed by atoms with Gasteiger partial charge in [-0.3, -0.25) is 4.68 Å². The Morgan fingerprint density at radius 1 is 1.26 bits per heavy atom. The number of hydrogen-bond acceptors (Lipinski definition) is 6. The van der Waals surface area contributed by atoms with E-state index in [0.29, 0.717) is 25.6 Å². The molecule has 1 atom stereocenters. The molecule has 0 aromatic carbocycles. The van der Waals surface area contributed by atoms with Crippen LogP contribution in [-0.2, 0) is 18.0 Å². The maximum atomic E-state index is 9.50. The van der Waals surface area contributed by atoms with Crippen LogP contribution in [0.1, 0.15) is 43.8 Å². The van der Waals surface area contributed by atoms with Crippen molar-refractivity contribution >= 4 is 19.1 Å². The molecule has 0 bridgehead atoms. The molecule has 3 heterocycles. The van der Waals surface area contributed by atoms with Crippen molar-refractivity contribution in [2.75, 3.05) is 13.7 Å². The Labute approximate surface area is 203 Å². The minimum absolute atomic E-state index is 0.110. The molecule has 182 valence electrons. The molecule has 0 aliphatic heterocycles. The summed E-state index contributed by atoms with van der Waals surface area (Å²) in [4.78, 5) is 9.23. The van der Waals surface area contributed by atoms with E-state index in [2.05, 4.69) is 53.3 Å². The van der Waals surface area contributed by atoms with Crippen LogP contribution in [0, 0.1) is 17.2 Å². The number of nitriles is 1. The Balaban J connectivity index is 1.64. The third-order valence-corrected chi connectivity index (χ3v) is 8.48. The largest absolute Gasteiger partial charge is 0.361 e. The molecule has 0 spiro atoms. The van der Waals surface area contributed by atoms with Gasteiger partial charge < -0.3 is 14.6 Å². The summed E-state index contributed by atoms with van der Waals surface area (Å²) in [5, 5.41) is 18.7. The molecule has 9 heteroatoms. The van der Waals surface area contributed by atoms with E-state index in [0.717, 1.165) is 40.6 Å². The highest BCUT2D eigenvalue weighted by atomic mass is 28.3. The molecule has 3 aromatic rings. The fourth-order valence-corrected chi connectivity index (χ4v) is 5.63. The van der Waals surface area contributed by atoms with Crippen molar-refractivity contribution in [1.82, 2.24) is 29.6 Å². The summed E-state index contributed by atoms with van der Waals surface area (Å²) in [6.07, 6.45) is 11.0. The number of nitrogens with one attached hydrogen (secondary N) is 1. The molecule has 4 rings (SSSR count). The minimum Gasteiger partial charge on any atom is -0.361 e. The van der Waals surface area contributed by atoms with E-state index >= 15 is 0 Å². The van der Waals surface area contributed by atoms with Crippen molar-refractivity contribution in [3.8, 4) is 17.3 Å². The minimum atomic E-state index is -1.12. The zero-order valence-corrected chi connectivity index (χ0v) is 21.9. The molecule has 0 radical (unpaired) electrons. The first kappa shape index (κ1) is 24.6. The highest BCUT2D eigenvalue weighted by Gasteiger charge is 2.28. The van der Waals surface area contributed by atoms with Crippen LogP contribution in [0.3, 0.4) is 0 Å². The Morgan fingerprint density at radius 3 is 2.76 bits per heavy atom. The molecular formula is C25H37N7OSi. The Kier molecular flexibility index (Phi) is 7.81. The standard InChI is InChI=1S/C25H37N7OSi/c1-27-15-22-21(16-32(30-22)23(9-11-26)19-7-5-6-8-19)24-20-10-12-31(25(20)29-17-28-24)18-33-13-14-34(2,3)4/h10,12,16-17,19,23,27H,5-9,13-15,18H2,1-4H3. The lowest BCUT2D eigenvalue weighted by molar-refractivity contribution is 0.0899. The molecule has 0 amide bonds. The molecule has 1 N–H and O–H groups in total. The lowest BCUT2D eigenvalue weighted by atomic mass is 9.96. The van der Waals surface area contributed by atoms with Gasteiger partial charge in [0.1, 0.15) is 18.7 Å². The molecule has 34 heavy (non-hydrogen) atoms. The van der Waals surface area contributed by atoms with Gasteiger partial charge in [-0.05, 0) is 37.9 Å². The molecule has 1 aliphatic carbocycles. The van der Waals surface area contributed by atoms with Gasteiger partial charge in [-0.25, -0.2) is 9.97 Å². The second kappa shape index (κ2) is 10.8. The van der Waals surface area contributed by atoms with E-state index in [-0.39, 0.29) is 6.04 Å². The lowest BCUT2D eigenvalue weighted by Gasteiger charge is -2.21. The van der Waals surface area contributed by atoms with Gasteiger partial charge in [-0.2, -0.15) is 10.4 Å². The summed E-state index contributed by atoms with van der Waals surface area (Å²) in [5.41, 5.74) is 3.69. The van der Waals surface area contributed by atoms with Crippen LogP contribution in [0.5, 0.6) is 0 Å². The van der Waals surface area contributed by atoms with Gasteiger partial charge in [0, 0.05) is 44.6 Å². The topological polar surface area (TPSA) is 93.6 Å². The van der Waals surface area contributed by atoms with E-state index in [4.69, 9.17) is 9.84 Å². The van der Waals surface area contributed by atoms with E-state index in [1.54, 1.807) is 6.33 Å². The quantitative estimate of drug-likeness (QED) is 0.308. The molecule has 1 saturated carbocycles. The smallest absolute Gasteiger partial charge is 0.145 e. The predicted octanol–water partition coefficient (Wildman–Crippen LogP) is 4.97. The van der Waals surface area contributed by atoms with Gasteiger partial charge in [0.25, 0.3) is 0 Å². The zero-order chi connectivity index (χ0) is 24.1. The maximum Gasteiger partial charge on any atom is 0.145 e.